The fourth-order valence-electron chi connectivity index (χ4n) is 3.49. The van der Waals surface area contributed by atoms with Gasteiger partial charge in [0.25, 0.3) is 0 Å². The molecule has 270 valence electrons. The topological polar surface area (TPSA) is 122 Å². The van der Waals surface area contributed by atoms with E-state index < -0.39 is 0 Å². The minimum absolute atomic E-state index is 0.146. The first-order valence-corrected chi connectivity index (χ1v) is 16.7. The molecule has 0 saturated heterocycles. The number of carbonyl (C=O) groups excluding carboxylic acids is 1. The van der Waals surface area contributed by atoms with E-state index in [0.717, 1.165) is 19.4 Å². The van der Waals surface area contributed by atoms with Crippen LogP contribution in [-0.4, -0.2) is 170 Å². The summed E-state index contributed by atoms with van der Waals surface area (Å²) in [6.45, 7) is 13.8. The van der Waals surface area contributed by atoms with Gasteiger partial charge in [-0.2, -0.15) is 0 Å². The van der Waals surface area contributed by atoms with E-state index in [2.05, 4.69) is 11.8 Å². The third-order valence-electron chi connectivity index (χ3n) is 6.01. The van der Waals surface area contributed by atoms with Crippen molar-refractivity contribution in [2.45, 2.75) is 45.4 Å². The highest BCUT2D eigenvalue weighted by Crippen LogP contribution is 2.05. The van der Waals surface area contributed by atoms with Gasteiger partial charge in [-0.25, -0.2) is 0 Å². The van der Waals surface area contributed by atoms with Crippen LogP contribution in [0.3, 0.4) is 0 Å². The second kappa shape index (κ2) is 39.2. The number of nitrogens with zero attached hydrogens (tertiary/aromatic N) is 1. The molecule has 0 aromatic rings. The number of hydrogen-bond acceptors (Lipinski definition) is 13. The minimum atomic E-state index is -0.146. The lowest BCUT2D eigenvalue weighted by Gasteiger charge is -2.10. The second-order valence-corrected chi connectivity index (χ2v) is 10.3. The molecule has 0 aromatic carbocycles. The normalized spacial score (nSPS) is 11.6. The second-order valence-electron chi connectivity index (χ2n) is 10.3. The average Bonchev–Trinajstić information content (AvgIpc) is 3.03. The summed E-state index contributed by atoms with van der Waals surface area (Å²) in [5, 5.41) is 0. The molecule has 0 spiro atoms. The maximum absolute atomic E-state index is 11.6. The molecule has 0 aliphatic rings. The van der Waals surface area contributed by atoms with E-state index in [0.29, 0.717) is 139 Å². The highest BCUT2D eigenvalue weighted by molar-refractivity contribution is 5.69. The van der Waals surface area contributed by atoms with E-state index in [1.807, 2.05) is 14.1 Å². The van der Waals surface area contributed by atoms with Crippen molar-refractivity contribution < 1.29 is 56.9 Å². The zero-order valence-corrected chi connectivity index (χ0v) is 28.6. The van der Waals surface area contributed by atoms with Gasteiger partial charge in [-0.1, -0.05) is 32.6 Å². The molecule has 0 N–H and O–H groups in total. The minimum Gasteiger partial charge on any atom is -0.463 e. The molecular formula is C32H65NO12. The van der Waals surface area contributed by atoms with Crippen LogP contribution in [0.4, 0.5) is 0 Å². The molecule has 0 saturated carbocycles. The van der Waals surface area contributed by atoms with Gasteiger partial charge < -0.3 is 57.0 Å². The number of ether oxygens (including phenoxy) is 11. The van der Waals surface area contributed by atoms with Crippen molar-refractivity contribution >= 4 is 5.97 Å². The number of unbranched alkanes of at least 4 members (excludes halogenated alkanes) is 4. The molecule has 0 atom stereocenters. The van der Waals surface area contributed by atoms with Gasteiger partial charge >= 0.3 is 5.97 Å². The van der Waals surface area contributed by atoms with Gasteiger partial charge in [-0.05, 0) is 20.5 Å². The Kier molecular flexibility index (Phi) is 38.4. The highest BCUT2D eigenvalue weighted by Gasteiger charge is 2.02. The number of esters is 1. The molecule has 13 heteroatoms. The summed E-state index contributed by atoms with van der Waals surface area (Å²) in [6.07, 6.45) is 6.08. The van der Waals surface area contributed by atoms with Gasteiger partial charge in [0.1, 0.15) is 6.61 Å². The molecule has 13 nitrogen and oxygen atoms in total. The molecule has 0 aliphatic heterocycles. The molecule has 0 fully saturated rings. The lowest BCUT2D eigenvalue weighted by molar-refractivity contribution is -0.145. The van der Waals surface area contributed by atoms with Crippen LogP contribution in [0.1, 0.15) is 45.4 Å². The molecular weight excluding hydrogens is 590 g/mol. The maximum atomic E-state index is 11.6. The first-order valence-electron chi connectivity index (χ1n) is 16.7. The third kappa shape index (κ3) is 41.0. The zero-order chi connectivity index (χ0) is 32.7. The SMILES string of the molecule is CCCCCCCC(=O)OCCOCCOCCOCCOCCOCCOCCOCCOCCOCCOCCN(C)C. The Labute approximate surface area is 272 Å². The van der Waals surface area contributed by atoms with Gasteiger partial charge in [0.05, 0.1) is 132 Å². The first-order chi connectivity index (χ1) is 22.2. The van der Waals surface area contributed by atoms with Crippen LogP contribution in [0.25, 0.3) is 0 Å². The third-order valence-corrected chi connectivity index (χ3v) is 6.01. The van der Waals surface area contributed by atoms with Crippen molar-refractivity contribution in [2.75, 3.05) is 159 Å². The fraction of sp³-hybridized carbons (Fsp3) is 0.969. The average molecular weight is 656 g/mol. The largest absolute Gasteiger partial charge is 0.463 e. The van der Waals surface area contributed by atoms with Gasteiger partial charge in [0.2, 0.25) is 0 Å². The molecule has 0 amide bonds. The Morgan fingerprint density at radius 3 is 1.00 bits per heavy atom. The van der Waals surface area contributed by atoms with Gasteiger partial charge in [0, 0.05) is 13.0 Å². The van der Waals surface area contributed by atoms with E-state index in [-0.39, 0.29) is 12.6 Å². The monoisotopic (exact) mass is 655 g/mol. The predicted molar refractivity (Wildman–Crippen MR) is 171 cm³/mol. The van der Waals surface area contributed by atoms with Crippen molar-refractivity contribution in [1.29, 1.82) is 0 Å². The lowest BCUT2D eigenvalue weighted by Crippen LogP contribution is -2.19. The van der Waals surface area contributed by atoms with Crippen LogP contribution < -0.4 is 0 Å². The summed E-state index contributed by atoms with van der Waals surface area (Å²) in [6, 6.07) is 0. The van der Waals surface area contributed by atoms with Crippen LogP contribution in [0.15, 0.2) is 0 Å². The van der Waals surface area contributed by atoms with Gasteiger partial charge in [-0.15, -0.1) is 0 Å². The molecule has 0 rings (SSSR count). The van der Waals surface area contributed by atoms with E-state index in [1.54, 1.807) is 0 Å². The van der Waals surface area contributed by atoms with Crippen molar-refractivity contribution in [3.8, 4) is 0 Å². The molecule has 45 heavy (non-hydrogen) atoms. The van der Waals surface area contributed by atoms with Crippen LogP contribution in [0.5, 0.6) is 0 Å². The molecule has 0 aliphatic carbocycles. The molecule has 0 bridgehead atoms. The van der Waals surface area contributed by atoms with E-state index in [1.165, 1.54) is 19.3 Å². The van der Waals surface area contributed by atoms with Crippen LogP contribution in [0, 0.1) is 0 Å². The molecule has 0 radical (unpaired) electrons. The molecule has 0 aromatic heterocycles. The highest BCUT2D eigenvalue weighted by atomic mass is 16.6. The Morgan fingerprint density at radius 2 is 0.689 bits per heavy atom. The molecule has 0 unspecified atom stereocenters. The van der Waals surface area contributed by atoms with Crippen molar-refractivity contribution in [2.24, 2.45) is 0 Å². The maximum Gasteiger partial charge on any atom is 0.305 e. The van der Waals surface area contributed by atoms with Gasteiger partial charge in [-0.3, -0.25) is 4.79 Å². The van der Waals surface area contributed by atoms with Crippen molar-refractivity contribution in [3.05, 3.63) is 0 Å². The van der Waals surface area contributed by atoms with Crippen LogP contribution >= 0.6 is 0 Å². The summed E-state index contributed by atoms with van der Waals surface area (Å²) in [4.78, 5) is 13.7. The first kappa shape index (κ1) is 44.0. The lowest BCUT2D eigenvalue weighted by atomic mass is 10.1. The number of carbonyl (C=O) groups is 1. The van der Waals surface area contributed by atoms with E-state index in [9.17, 15) is 4.79 Å². The predicted octanol–water partition coefficient (Wildman–Crippen LogP) is 2.62. The van der Waals surface area contributed by atoms with Crippen LogP contribution in [0.2, 0.25) is 0 Å². The Morgan fingerprint density at radius 1 is 0.400 bits per heavy atom. The van der Waals surface area contributed by atoms with E-state index >= 15 is 0 Å². The summed E-state index contributed by atoms with van der Waals surface area (Å²) in [5.41, 5.74) is 0. The summed E-state index contributed by atoms with van der Waals surface area (Å²) in [5.74, 6) is -0.146. The standard InChI is InChI=1S/C32H65NO12/c1-4-5-6-7-8-9-32(34)45-31-30-44-29-28-43-27-26-42-25-24-41-23-22-40-21-20-39-19-18-38-17-16-37-15-14-36-13-12-35-11-10-33(2)3/h4-31H2,1-3H3. The Bertz CT molecular complexity index is 574. The van der Waals surface area contributed by atoms with Crippen molar-refractivity contribution in [1.82, 2.24) is 4.90 Å². The smallest absolute Gasteiger partial charge is 0.305 e. The number of hydrogen-bond donors (Lipinski definition) is 0. The fourth-order valence-corrected chi connectivity index (χ4v) is 3.49. The van der Waals surface area contributed by atoms with E-state index in [4.69, 9.17) is 52.1 Å². The van der Waals surface area contributed by atoms with Crippen molar-refractivity contribution in [3.63, 3.8) is 0 Å². The zero-order valence-electron chi connectivity index (χ0n) is 28.6. The number of rotatable bonds is 39. The Hall–Kier alpha value is -0.970. The van der Waals surface area contributed by atoms with Crippen LogP contribution in [-0.2, 0) is 56.9 Å². The quantitative estimate of drug-likeness (QED) is 0.0713. The summed E-state index contributed by atoms with van der Waals surface area (Å²) < 4.78 is 59.7. The summed E-state index contributed by atoms with van der Waals surface area (Å²) in [7, 11) is 4.04. The van der Waals surface area contributed by atoms with Gasteiger partial charge in [0.15, 0.2) is 0 Å². The number of likely N-dealkylation sites (N-methyl/N-ethyl adjacent to an activating group) is 1. The molecule has 0 heterocycles. The Balaban J connectivity index is 3.09. The summed E-state index contributed by atoms with van der Waals surface area (Å²) >= 11 is 0.